The van der Waals surface area contributed by atoms with E-state index in [2.05, 4.69) is 10.6 Å². The molecule has 0 aliphatic carbocycles. The number of hydrogen-bond donors (Lipinski definition) is 5. The number of ether oxygens (including phenoxy) is 1. The maximum absolute atomic E-state index is 13.6. The monoisotopic (exact) mass is 629 g/mol. The number of carbonyl (C=O) groups excluding carboxylic acids is 3. The lowest BCUT2D eigenvalue weighted by molar-refractivity contribution is -0.142. The van der Waals surface area contributed by atoms with Crippen LogP contribution in [0.1, 0.15) is 23.3 Å². The zero-order chi connectivity index (χ0) is 31.8. The van der Waals surface area contributed by atoms with Gasteiger partial charge < -0.3 is 35.6 Å². The molecule has 0 radical (unpaired) electrons. The number of hydrogen-bond acceptors (Lipinski definition) is 8. The summed E-state index contributed by atoms with van der Waals surface area (Å²) in [5.74, 6) is -3.50. The zero-order valence-corrected chi connectivity index (χ0v) is 23.9. The highest BCUT2D eigenvalue weighted by molar-refractivity contribution is 8.00. The predicted octanol–water partition coefficient (Wildman–Crippen LogP) is 1.94. The molecule has 1 aliphatic heterocycles. The molecule has 44 heavy (non-hydrogen) atoms. The molecule has 1 fully saturated rings. The molecule has 1 unspecified atom stereocenters. The van der Waals surface area contributed by atoms with Gasteiger partial charge in [0.05, 0.1) is 25.3 Å². The van der Waals surface area contributed by atoms with Crippen molar-refractivity contribution in [2.24, 2.45) is 0 Å². The quantitative estimate of drug-likeness (QED) is 0.168. The van der Waals surface area contributed by atoms with Crippen LogP contribution in [0.25, 0.3) is 0 Å². The van der Waals surface area contributed by atoms with E-state index in [0.29, 0.717) is 22.6 Å². The summed E-state index contributed by atoms with van der Waals surface area (Å²) in [5, 5.41) is 32.2. The number of aliphatic carboxylic acids is 1. The van der Waals surface area contributed by atoms with Crippen LogP contribution in [-0.4, -0.2) is 75.8 Å². The summed E-state index contributed by atoms with van der Waals surface area (Å²) in [5.41, 5.74) is 1.72. The molecule has 11 nitrogen and oxygen atoms in total. The van der Waals surface area contributed by atoms with E-state index in [-0.39, 0.29) is 11.7 Å². The number of anilines is 1. The molecule has 0 bridgehead atoms. The standard InChI is InChI=1S/C30H29F2N3O8S/c31-19-5-1-17(2-6-19)24(37)16-44-28-27(35(29(28)40)21-9-7-20(32)8-10-21)18-3-11-22(12-4-18)43-15-26(39)33-13-25(38)34-23(14-36)30(41)42/h1-12,23-24,27-28,36-37H,13-16H2,(H,33,39)(H,34,38)(H,41,42)/t23-,24?,27+,28+/m0/s1. The first-order chi connectivity index (χ1) is 21.1. The van der Waals surface area contributed by atoms with E-state index in [9.17, 15) is 33.1 Å². The molecule has 3 amide bonds. The van der Waals surface area contributed by atoms with Crippen LogP contribution in [0.15, 0.2) is 72.8 Å². The summed E-state index contributed by atoms with van der Waals surface area (Å²) in [6, 6.07) is 15.6. The highest BCUT2D eigenvalue weighted by Crippen LogP contribution is 2.46. The van der Waals surface area contributed by atoms with Gasteiger partial charge in [-0.05, 0) is 59.7 Å². The minimum Gasteiger partial charge on any atom is -0.484 e. The second kappa shape index (κ2) is 14.8. The van der Waals surface area contributed by atoms with Crippen molar-refractivity contribution in [2.45, 2.75) is 23.4 Å². The number of thioether (sulfide) groups is 1. The highest BCUT2D eigenvalue weighted by atomic mass is 32.2. The minimum atomic E-state index is -1.49. The fourth-order valence-corrected chi connectivity index (χ4v) is 5.68. The molecular weight excluding hydrogens is 600 g/mol. The van der Waals surface area contributed by atoms with Crippen LogP contribution in [-0.2, 0) is 19.2 Å². The Morgan fingerprint density at radius 1 is 0.932 bits per heavy atom. The van der Waals surface area contributed by atoms with E-state index < -0.39 is 72.6 Å². The summed E-state index contributed by atoms with van der Waals surface area (Å²) in [7, 11) is 0. The minimum absolute atomic E-state index is 0.168. The molecule has 1 aliphatic rings. The van der Waals surface area contributed by atoms with Crippen LogP contribution in [0.2, 0.25) is 0 Å². The molecule has 4 atom stereocenters. The van der Waals surface area contributed by atoms with Gasteiger partial charge in [0, 0.05) is 11.4 Å². The van der Waals surface area contributed by atoms with Crippen LogP contribution in [0, 0.1) is 11.6 Å². The smallest absolute Gasteiger partial charge is 0.328 e. The summed E-state index contributed by atoms with van der Waals surface area (Å²) < 4.78 is 32.3. The number of carboxylic acid groups (broad SMARTS) is 1. The van der Waals surface area contributed by atoms with Crippen molar-refractivity contribution in [3.63, 3.8) is 0 Å². The fourth-order valence-electron chi connectivity index (χ4n) is 4.39. The first-order valence-electron chi connectivity index (χ1n) is 13.3. The Labute approximate surface area is 254 Å². The van der Waals surface area contributed by atoms with E-state index in [0.717, 1.165) is 0 Å². The number of β-lactam (4-membered cyclic amide) rings is 1. The van der Waals surface area contributed by atoms with E-state index in [1.165, 1.54) is 65.2 Å². The predicted molar refractivity (Wildman–Crippen MR) is 156 cm³/mol. The van der Waals surface area contributed by atoms with Gasteiger partial charge in [0.15, 0.2) is 6.61 Å². The topological polar surface area (TPSA) is 165 Å². The van der Waals surface area contributed by atoms with Crippen LogP contribution >= 0.6 is 11.8 Å². The third-order valence-electron chi connectivity index (χ3n) is 6.69. The number of carboxylic acids is 1. The van der Waals surface area contributed by atoms with Crippen molar-refractivity contribution < 1.29 is 48.0 Å². The summed E-state index contributed by atoms with van der Waals surface area (Å²) in [6.45, 7) is -1.77. The van der Waals surface area contributed by atoms with E-state index in [1.54, 1.807) is 24.3 Å². The van der Waals surface area contributed by atoms with Gasteiger partial charge in [-0.3, -0.25) is 14.4 Å². The first-order valence-corrected chi connectivity index (χ1v) is 14.4. The van der Waals surface area contributed by atoms with Gasteiger partial charge in [-0.1, -0.05) is 24.3 Å². The van der Waals surface area contributed by atoms with Crippen molar-refractivity contribution in [3.8, 4) is 5.75 Å². The fraction of sp³-hybridized carbons (Fsp3) is 0.267. The van der Waals surface area contributed by atoms with Gasteiger partial charge in [0.1, 0.15) is 28.7 Å². The second-order valence-electron chi connectivity index (χ2n) is 9.73. The maximum atomic E-state index is 13.6. The molecule has 4 rings (SSSR count). The Morgan fingerprint density at radius 3 is 2.14 bits per heavy atom. The van der Waals surface area contributed by atoms with Gasteiger partial charge in [0.25, 0.3) is 5.91 Å². The number of amides is 3. The number of nitrogens with zero attached hydrogens (tertiary/aromatic N) is 1. The number of carbonyl (C=O) groups is 4. The lowest BCUT2D eigenvalue weighted by atomic mass is 9.92. The van der Waals surface area contributed by atoms with Crippen LogP contribution in [0.5, 0.6) is 5.75 Å². The summed E-state index contributed by atoms with van der Waals surface area (Å²) in [4.78, 5) is 49.5. The molecule has 3 aromatic carbocycles. The Kier molecular flexibility index (Phi) is 10.9. The second-order valence-corrected chi connectivity index (χ2v) is 10.9. The van der Waals surface area contributed by atoms with Crippen LogP contribution in [0.3, 0.4) is 0 Å². The number of nitrogens with one attached hydrogen (secondary N) is 2. The molecule has 1 heterocycles. The molecule has 1 saturated heterocycles. The number of benzene rings is 3. The molecule has 232 valence electrons. The molecule has 5 N–H and O–H groups in total. The summed E-state index contributed by atoms with van der Waals surface area (Å²) >= 11 is 1.24. The van der Waals surface area contributed by atoms with E-state index in [4.69, 9.17) is 14.9 Å². The Morgan fingerprint density at radius 2 is 1.55 bits per heavy atom. The molecule has 14 heteroatoms. The van der Waals surface area contributed by atoms with E-state index >= 15 is 0 Å². The Balaban J connectivity index is 1.38. The van der Waals surface area contributed by atoms with Crippen molar-refractivity contribution in [1.82, 2.24) is 10.6 Å². The number of rotatable bonds is 14. The molecular formula is C30H29F2N3O8S. The Hall–Kier alpha value is -4.53. The Bertz CT molecular complexity index is 1480. The molecule has 0 aromatic heterocycles. The number of aliphatic hydroxyl groups is 2. The lowest BCUT2D eigenvalue weighted by Gasteiger charge is -2.47. The van der Waals surface area contributed by atoms with Gasteiger partial charge in [0.2, 0.25) is 11.8 Å². The first kappa shape index (κ1) is 32.4. The molecule has 0 saturated carbocycles. The average molecular weight is 630 g/mol. The maximum Gasteiger partial charge on any atom is 0.328 e. The van der Waals surface area contributed by atoms with Crippen LogP contribution < -0.4 is 20.3 Å². The lowest BCUT2D eigenvalue weighted by Crippen LogP contribution is -2.57. The normalized spacial score (nSPS) is 17.3. The molecule has 3 aromatic rings. The van der Waals surface area contributed by atoms with Crippen molar-refractivity contribution >= 4 is 41.1 Å². The largest absolute Gasteiger partial charge is 0.484 e. The van der Waals surface area contributed by atoms with Crippen molar-refractivity contribution in [2.75, 3.05) is 30.4 Å². The van der Waals surface area contributed by atoms with Crippen molar-refractivity contribution in [1.29, 1.82) is 0 Å². The number of halogens is 2. The summed E-state index contributed by atoms with van der Waals surface area (Å²) in [6.07, 6.45) is -0.935. The van der Waals surface area contributed by atoms with Gasteiger partial charge in [-0.15, -0.1) is 11.8 Å². The zero-order valence-electron chi connectivity index (χ0n) is 23.1. The van der Waals surface area contributed by atoms with Crippen molar-refractivity contribution in [3.05, 3.63) is 95.6 Å². The number of aliphatic hydroxyl groups excluding tert-OH is 2. The highest BCUT2D eigenvalue weighted by Gasteiger charge is 2.49. The third-order valence-corrected chi connectivity index (χ3v) is 8.02. The van der Waals surface area contributed by atoms with E-state index in [1.807, 2.05) is 0 Å². The molecule has 0 spiro atoms. The van der Waals surface area contributed by atoms with Gasteiger partial charge in [-0.25, -0.2) is 13.6 Å². The van der Waals surface area contributed by atoms with Gasteiger partial charge >= 0.3 is 5.97 Å². The van der Waals surface area contributed by atoms with Gasteiger partial charge in [-0.2, -0.15) is 0 Å². The SMILES string of the molecule is O=C(COc1ccc([C@@H]2[C@@H](SCC(O)c3ccc(F)cc3)C(=O)N2c2ccc(F)cc2)cc1)NCC(=O)N[C@@H](CO)C(=O)O. The third kappa shape index (κ3) is 8.09. The average Bonchev–Trinajstić information content (AvgIpc) is 3.01. The van der Waals surface area contributed by atoms with Crippen LogP contribution in [0.4, 0.5) is 14.5 Å².